The predicted molar refractivity (Wildman–Crippen MR) is 57.8 cm³/mol. The minimum Gasteiger partial charge on any atom is -0.453 e. The van der Waals surface area contributed by atoms with Gasteiger partial charge in [-0.05, 0) is 25.2 Å². The van der Waals surface area contributed by atoms with Crippen molar-refractivity contribution < 1.29 is 14.3 Å². The van der Waals surface area contributed by atoms with Gasteiger partial charge in [-0.1, -0.05) is 6.92 Å². The quantitative estimate of drug-likeness (QED) is 0.755. The fraction of sp³-hybridized carbons (Fsp3) is 0.818. The van der Waals surface area contributed by atoms with Gasteiger partial charge >= 0.3 is 6.09 Å². The summed E-state index contributed by atoms with van der Waals surface area (Å²) in [6, 6.07) is -0.0205. The van der Waals surface area contributed by atoms with Crippen LogP contribution in [0.4, 0.5) is 4.79 Å². The van der Waals surface area contributed by atoms with Crippen molar-refractivity contribution in [2.75, 3.05) is 13.7 Å². The molecule has 1 saturated heterocycles. The first-order chi connectivity index (χ1) is 7.63. The van der Waals surface area contributed by atoms with Gasteiger partial charge in [-0.25, -0.2) is 4.79 Å². The van der Waals surface area contributed by atoms with E-state index in [1.54, 1.807) is 0 Å². The van der Waals surface area contributed by atoms with Crippen molar-refractivity contribution in [3.05, 3.63) is 0 Å². The van der Waals surface area contributed by atoms with E-state index in [1.807, 2.05) is 0 Å². The van der Waals surface area contributed by atoms with Crippen LogP contribution in [0.3, 0.4) is 0 Å². The van der Waals surface area contributed by atoms with Crippen molar-refractivity contribution in [1.82, 2.24) is 10.2 Å². The van der Waals surface area contributed by atoms with Crippen molar-refractivity contribution in [1.29, 1.82) is 0 Å². The summed E-state index contributed by atoms with van der Waals surface area (Å²) in [4.78, 5) is 24.8. The number of ether oxygens (including phenoxy) is 1. The molecular formula is C11H18N2O3. The van der Waals surface area contributed by atoms with E-state index in [0.717, 1.165) is 19.3 Å². The lowest BCUT2D eigenvalue weighted by molar-refractivity contribution is -0.125. The Morgan fingerprint density at radius 3 is 2.69 bits per heavy atom. The molecule has 5 nitrogen and oxygen atoms in total. The molecule has 3 atom stereocenters. The van der Waals surface area contributed by atoms with E-state index in [9.17, 15) is 9.59 Å². The number of carbonyl (C=O) groups is 2. The Hall–Kier alpha value is -1.26. The monoisotopic (exact) mass is 226 g/mol. The topological polar surface area (TPSA) is 58.6 Å². The van der Waals surface area contributed by atoms with Crippen molar-refractivity contribution in [2.45, 2.75) is 38.3 Å². The summed E-state index contributed by atoms with van der Waals surface area (Å²) in [5.74, 6) is 0.550. The second-order valence-corrected chi connectivity index (χ2v) is 4.65. The summed E-state index contributed by atoms with van der Waals surface area (Å²) in [5, 5.41) is 2.97. The standard InChI is InChI=1S/C11H18N2O3/c1-7-6-8(7)12-10(14)9-4-3-5-13(9)11(15)16-2/h7-9H,3-6H2,1-2H3,(H,12,14). The van der Waals surface area contributed by atoms with Crippen LogP contribution in [-0.2, 0) is 9.53 Å². The Morgan fingerprint density at radius 1 is 1.44 bits per heavy atom. The summed E-state index contributed by atoms with van der Waals surface area (Å²) in [6.07, 6.45) is 2.26. The number of hydrogen-bond donors (Lipinski definition) is 1. The molecule has 0 aromatic rings. The Labute approximate surface area is 95.1 Å². The highest BCUT2D eigenvalue weighted by Gasteiger charge is 2.39. The van der Waals surface area contributed by atoms with Crippen LogP contribution in [0.15, 0.2) is 0 Å². The summed E-state index contributed by atoms with van der Waals surface area (Å²) >= 11 is 0. The van der Waals surface area contributed by atoms with E-state index in [4.69, 9.17) is 0 Å². The lowest BCUT2D eigenvalue weighted by Gasteiger charge is -2.22. The van der Waals surface area contributed by atoms with Crippen LogP contribution in [0.5, 0.6) is 0 Å². The minimum atomic E-state index is -0.401. The Bertz CT molecular complexity index is 306. The highest BCUT2D eigenvalue weighted by atomic mass is 16.5. The lowest BCUT2D eigenvalue weighted by Crippen LogP contribution is -2.46. The number of likely N-dealkylation sites (tertiary alicyclic amines) is 1. The third kappa shape index (κ3) is 2.13. The van der Waals surface area contributed by atoms with E-state index < -0.39 is 6.09 Å². The molecule has 2 fully saturated rings. The van der Waals surface area contributed by atoms with Gasteiger partial charge < -0.3 is 10.1 Å². The molecule has 1 aliphatic carbocycles. The van der Waals surface area contributed by atoms with Gasteiger partial charge in [0.25, 0.3) is 0 Å². The van der Waals surface area contributed by atoms with E-state index >= 15 is 0 Å². The van der Waals surface area contributed by atoms with Gasteiger partial charge in [-0.2, -0.15) is 0 Å². The van der Waals surface area contributed by atoms with E-state index in [2.05, 4.69) is 17.0 Å². The second kappa shape index (κ2) is 4.31. The highest BCUT2D eigenvalue weighted by molar-refractivity contribution is 5.86. The van der Waals surface area contributed by atoms with Crippen molar-refractivity contribution >= 4 is 12.0 Å². The number of rotatable bonds is 2. The van der Waals surface area contributed by atoms with Crippen LogP contribution < -0.4 is 5.32 Å². The maximum atomic E-state index is 11.9. The molecule has 1 saturated carbocycles. The molecule has 1 heterocycles. The molecule has 16 heavy (non-hydrogen) atoms. The lowest BCUT2D eigenvalue weighted by atomic mass is 10.2. The molecule has 2 amide bonds. The number of nitrogens with one attached hydrogen (secondary N) is 1. The van der Waals surface area contributed by atoms with Crippen LogP contribution in [0.25, 0.3) is 0 Å². The smallest absolute Gasteiger partial charge is 0.410 e. The van der Waals surface area contributed by atoms with Crippen LogP contribution in [0.2, 0.25) is 0 Å². The number of nitrogens with zero attached hydrogens (tertiary/aromatic N) is 1. The normalized spacial score (nSPS) is 32.4. The third-order valence-electron chi connectivity index (χ3n) is 3.40. The first-order valence-corrected chi connectivity index (χ1v) is 5.78. The molecule has 90 valence electrons. The Kier molecular flexibility index (Phi) is 3.03. The van der Waals surface area contributed by atoms with Crippen molar-refractivity contribution in [2.24, 2.45) is 5.92 Å². The average molecular weight is 226 g/mol. The number of carbonyl (C=O) groups excluding carboxylic acids is 2. The van der Waals surface area contributed by atoms with E-state index in [-0.39, 0.29) is 11.9 Å². The molecule has 0 aromatic carbocycles. The zero-order valence-corrected chi connectivity index (χ0v) is 9.73. The maximum absolute atomic E-state index is 11.9. The fourth-order valence-electron chi connectivity index (χ4n) is 2.18. The minimum absolute atomic E-state index is 0.0303. The van der Waals surface area contributed by atoms with Crippen LogP contribution in [0.1, 0.15) is 26.2 Å². The molecule has 2 rings (SSSR count). The van der Waals surface area contributed by atoms with E-state index in [0.29, 0.717) is 18.5 Å². The van der Waals surface area contributed by atoms with E-state index in [1.165, 1.54) is 12.0 Å². The number of hydrogen-bond acceptors (Lipinski definition) is 3. The maximum Gasteiger partial charge on any atom is 0.410 e. The zero-order valence-electron chi connectivity index (χ0n) is 9.73. The molecule has 3 unspecified atom stereocenters. The molecule has 5 heteroatoms. The molecule has 0 spiro atoms. The number of amides is 2. The van der Waals surface area contributed by atoms with Gasteiger partial charge in [-0.3, -0.25) is 9.69 Å². The molecular weight excluding hydrogens is 208 g/mol. The van der Waals surface area contributed by atoms with Gasteiger partial charge in [0.05, 0.1) is 7.11 Å². The van der Waals surface area contributed by atoms with Gasteiger partial charge in [0.2, 0.25) is 5.91 Å². The number of methoxy groups -OCH3 is 1. The Balaban J connectivity index is 1.91. The zero-order chi connectivity index (χ0) is 11.7. The summed E-state index contributed by atoms with van der Waals surface area (Å²) < 4.78 is 4.66. The van der Waals surface area contributed by atoms with Crippen LogP contribution >= 0.6 is 0 Å². The third-order valence-corrected chi connectivity index (χ3v) is 3.40. The summed E-state index contributed by atoms with van der Waals surface area (Å²) in [6.45, 7) is 2.72. The SMILES string of the molecule is COC(=O)N1CCCC1C(=O)NC1CC1C. The molecule has 0 bridgehead atoms. The first kappa shape index (κ1) is 11.2. The fourth-order valence-corrected chi connectivity index (χ4v) is 2.18. The summed E-state index contributed by atoms with van der Waals surface area (Å²) in [7, 11) is 1.35. The average Bonchev–Trinajstić information content (AvgIpc) is 2.81. The van der Waals surface area contributed by atoms with Gasteiger partial charge in [0.15, 0.2) is 0 Å². The van der Waals surface area contributed by atoms with Gasteiger partial charge in [0.1, 0.15) is 6.04 Å². The molecule has 1 aliphatic heterocycles. The predicted octanol–water partition coefficient (Wildman–Crippen LogP) is 0.742. The van der Waals surface area contributed by atoms with Gasteiger partial charge in [-0.15, -0.1) is 0 Å². The van der Waals surface area contributed by atoms with Crippen LogP contribution in [-0.4, -0.2) is 42.6 Å². The van der Waals surface area contributed by atoms with Crippen molar-refractivity contribution in [3.8, 4) is 0 Å². The highest BCUT2D eigenvalue weighted by Crippen LogP contribution is 2.29. The second-order valence-electron chi connectivity index (χ2n) is 4.65. The molecule has 1 N–H and O–H groups in total. The molecule has 2 aliphatic rings. The summed E-state index contributed by atoms with van der Waals surface area (Å²) in [5.41, 5.74) is 0. The molecule has 0 radical (unpaired) electrons. The first-order valence-electron chi connectivity index (χ1n) is 5.78. The van der Waals surface area contributed by atoms with Gasteiger partial charge in [0, 0.05) is 12.6 Å². The Morgan fingerprint density at radius 2 is 2.12 bits per heavy atom. The van der Waals surface area contributed by atoms with Crippen LogP contribution in [0, 0.1) is 5.92 Å². The largest absolute Gasteiger partial charge is 0.453 e. The van der Waals surface area contributed by atoms with Crippen molar-refractivity contribution in [3.63, 3.8) is 0 Å². The molecule has 0 aromatic heterocycles.